The summed E-state index contributed by atoms with van der Waals surface area (Å²) in [5, 5.41) is 0. The summed E-state index contributed by atoms with van der Waals surface area (Å²) in [4.78, 5) is 5.82. The molecule has 1 saturated carbocycles. The zero-order valence-electron chi connectivity index (χ0n) is 10.7. The third-order valence-corrected chi connectivity index (χ3v) is 3.43. The Morgan fingerprint density at radius 3 is 2.58 bits per heavy atom. The first kappa shape index (κ1) is 13.9. The van der Waals surface area contributed by atoms with E-state index in [1.807, 2.05) is 0 Å². The molecule has 0 spiro atoms. The molecule has 2 rings (SSSR count). The average molecular weight is 274 g/mol. The fraction of sp³-hybridized carbons (Fsp3) is 0.583. The number of hydrogen-bond acceptors (Lipinski definition) is 4. The highest BCUT2D eigenvalue weighted by atomic mass is 19.4. The molecule has 0 aromatic carbocycles. The molecule has 7 heteroatoms. The SMILES string of the molecule is CN(CC1CCC1)c1cc(C(F)(F)F)cc(NN)n1. The van der Waals surface area contributed by atoms with Crippen LogP contribution in [-0.4, -0.2) is 18.6 Å². The van der Waals surface area contributed by atoms with Crippen LogP contribution in [0.1, 0.15) is 24.8 Å². The minimum absolute atomic E-state index is 0.0188. The van der Waals surface area contributed by atoms with Crippen molar-refractivity contribution in [2.24, 2.45) is 11.8 Å². The van der Waals surface area contributed by atoms with Crippen molar-refractivity contribution in [1.29, 1.82) is 0 Å². The van der Waals surface area contributed by atoms with Crippen molar-refractivity contribution in [3.05, 3.63) is 17.7 Å². The van der Waals surface area contributed by atoms with E-state index in [-0.39, 0.29) is 11.6 Å². The lowest BCUT2D eigenvalue weighted by atomic mass is 9.85. The first-order valence-corrected chi connectivity index (χ1v) is 6.17. The van der Waals surface area contributed by atoms with Crippen molar-refractivity contribution >= 4 is 11.6 Å². The summed E-state index contributed by atoms with van der Waals surface area (Å²) in [6, 6.07) is 1.96. The molecule has 1 aromatic rings. The number of halogens is 3. The monoisotopic (exact) mass is 274 g/mol. The van der Waals surface area contributed by atoms with Crippen molar-refractivity contribution in [3.63, 3.8) is 0 Å². The molecular weight excluding hydrogens is 257 g/mol. The van der Waals surface area contributed by atoms with Crippen LogP contribution in [0.25, 0.3) is 0 Å². The minimum Gasteiger partial charge on any atom is -0.359 e. The lowest BCUT2D eigenvalue weighted by Gasteiger charge is -2.31. The maximum absolute atomic E-state index is 12.8. The number of rotatable bonds is 4. The van der Waals surface area contributed by atoms with E-state index >= 15 is 0 Å². The number of alkyl halides is 3. The summed E-state index contributed by atoms with van der Waals surface area (Å²) < 4.78 is 38.3. The highest BCUT2D eigenvalue weighted by Crippen LogP contribution is 2.33. The second kappa shape index (κ2) is 5.24. The minimum atomic E-state index is -4.40. The van der Waals surface area contributed by atoms with Crippen molar-refractivity contribution < 1.29 is 13.2 Å². The van der Waals surface area contributed by atoms with Gasteiger partial charge in [0.25, 0.3) is 0 Å². The Labute approximate surface area is 109 Å². The molecular formula is C12H17F3N4. The van der Waals surface area contributed by atoms with Gasteiger partial charge >= 0.3 is 6.18 Å². The number of nitrogens with two attached hydrogens (primary N) is 1. The molecule has 0 unspecified atom stereocenters. The van der Waals surface area contributed by atoms with Crippen LogP contribution in [-0.2, 0) is 6.18 Å². The first-order valence-electron chi connectivity index (χ1n) is 6.17. The maximum Gasteiger partial charge on any atom is 0.416 e. The lowest BCUT2D eigenvalue weighted by molar-refractivity contribution is -0.137. The van der Waals surface area contributed by atoms with Gasteiger partial charge < -0.3 is 10.3 Å². The molecule has 1 heterocycles. The quantitative estimate of drug-likeness (QED) is 0.654. The third kappa shape index (κ3) is 3.28. The largest absolute Gasteiger partial charge is 0.416 e. The van der Waals surface area contributed by atoms with Gasteiger partial charge in [0.2, 0.25) is 0 Å². The van der Waals surface area contributed by atoms with Gasteiger partial charge in [0.15, 0.2) is 0 Å². The van der Waals surface area contributed by atoms with Crippen molar-refractivity contribution in [1.82, 2.24) is 4.98 Å². The van der Waals surface area contributed by atoms with Gasteiger partial charge in [-0.1, -0.05) is 6.42 Å². The van der Waals surface area contributed by atoms with Crippen LogP contribution < -0.4 is 16.2 Å². The van der Waals surface area contributed by atoms with Gasteiger partial charge in [-0.3, -0.25) is 0 Å². The van der Waals surface area contributed by atoms with E-state index in [1.54, 1.807) is 11.9 Å². The number of nitrogens with one attached hydrogen (secondary N) is 1. The van der Waals surface area contributed by atoms with E-state index in [0.717, 1.165) is 31.5 Å². The average Bonchev–Trinajstić information content (AvgIpc) is 2.31. The van der Waals surface area contributed by atoms with Crippen LogP contribution in [0.3, 0.4) is 0 Å². The molecule has 0 saturated heterocycles. The van der Waals surface area contributed by atoms with Gasteiger partial charge in [0, 0.05) is 13.6 Å². The smallest absolute Gasteiger partial charge is 0.359 e. The molecule has 4 nitrogen and oxygen atoms in total. The number of hydrogen-bond donors (Lipinski definition) is 2. The number of anilines is 2. The highest BCUT2D eigenvalue weighted by Gasteiger charge is 2.32. The predicted octanol–water partition coefficient (Wildman–Crippen LogP) is 2.62. The zero-order valence-corrected chi connectivity index (χ0v) is 10.7. The molecule has 0 radical (unpaired) electrons. The standard InChI is InChI=1S/C12H17F3N4/c1-19(7-8-3-2-4-8)11-6-9(12(13,14)15)5-10(17-11)18-16/h5-6,8H,2-4,7,16H2,1H3,(H,17,18). The van der Waals surface area contributed by atoms with E-state index in [4.69, 9.17) is 5.84 Å². The Hall–Kier alpha value is -1.50. The van der Waals surface area contributed by atoms with Gasteiger partial charge in [0.05, 0.1) is 5.56 Å². The molecule has 1 aliphatic carbocycles. The molecule has 106 valence electrons. The van der Waals surface area contributed by atoms with Gasteiger partial charge in [-0.2, -0.15) is 13.2 Å². The second-order valence-electron chi connectivity index (χ2n) is 4.92. The summed E-state index contributed by atoms with van der Waals surface area (Å²) in [5.74, 6) is 6.03. The number of nitrogens with zero attached hydrogens (tertiary/aromatic N) is 2. The topological polar surface area (TPSA) is 54.2 Å². The summed E-state index contributed by atoms with van der Waals surface area (Å²) in [5.41, 5.74) is 1.43. The zero-order chi connectivity index (χ0) is 14.0. The van der Waals surface area contributed by atoms with Crippen LogP contribution in [0.4, 0.5) is 24.8 Å². The van der Waals surface area contributed by atoms with Gasteiger partial charge in [-0.05, 0) is 30.9 Å². The molecule has 1 fully saturated rings. The van der Waals surface area contributed by atoms with Crippen LogP contribution in [0, 0.1) is 5.92 Å². The van der Waals surface area contributed by atoms with Crippen molar-refractivity contribution in [2.45, 2.75) is 25.4 Å². The first-order chi connectivity index (χ1) is 8.90. The van der Waals surface area contributed by atoms with Crippen molar-refractivity contribution in [2.75, 3.05) is 23.9 Å². The van der Waals surface area contributed by atoms with Gasteiger partial charge in [0.1, 0.15) is 11.6 Å². The van der Waals surface area contributed by atoms with Gasteiger partial charge in [-0.25, -0.2) is 10.8 Å². The molecule has 0 bridgehead atoms. The highest BCUT2D eigenvalue weighted by molar-refractivity contribution is 5.50. The molecule has 1 aromatic heterocycles. The van der Waals surface area contributed by atoms with Crippen molar-refractivity contribution in [3.8, 4) is 0 Å². The lowest BCUT2D eigenvalue weighted by Crippen LogP contribution is -2.30. The number of aromatic nitrogens is 1. The van der Waals surface area contributed by atoms with Crippen LogP contribution in [0.15, 0.2) is 12.1 Å². The molecule has 0 amide bonds. The molecule has 0 aliphatic heterocycles. The Morgan fingerprint density at radius 2 is 2.11 bits per heavy atom. The molecule has 1 aliphatic rings. The van der Waals surface area contributed by atoms with E-state index < -0.39 is 11.7 Å². The van der Waals surface area contributed by atoms with Gasteiger partial charge in [-0.15, -0.1) is 0 Å². The third-order valence-electron chi connectivity index (χ3n) is 3.43. The summed E-state index contributed by atoms with van der Waals surface area (Å²) in [7, 11) is 1.75. The van der Waals surface area contributed by atoms with E-state index in [0.29, 0.717) is 5.92 Å². The van der Waals surface area contributed by atoms with E-state index in [2.05, 4.69) is 10.4 Å². The second-order valence-corrected chi connectivity index (χ2v) is 4.92. The number of pyridine rings is 1. The summed E-state index contributed by atoms with van der Waals surface area (Å²) in [6.45, 7) is 0.721. The normalized spacial score (nSPS) is 16.1. The summed E-state index contributed by atoms with van der Waals surface area (Å²) >= 11 is 0. The summed E-state index contributed by atoms with van der Waals surface area (Å²) in [6.07, 6.45) is -0.943. The fourth-order valence-corrected chi connectivity index (χ4v) is 2.11. The Balaban J connectivity index is 2.22. The molecule has 0 atom stereocenters. The number of nitrogen functional groups attached to an aromatic ring is 1. The van der Waals surface area contributed by atoms with E-state index in [9.17, 15) is 13.2 Å². The molecule has 19 heavy (non-hydrogen) atoms. The molecule has 3 N–H and O–H groups in total. The Kier molecular flexibility index (Phi) is 3.84. The fourth-order valence-electron chi connectivity index (χ4n) is 2.11. The Morgan fingerprint density at radius 1 is 1.42 bits per heavy atom. The maximum atomic E-state index is 12.8. The van der Waals surface area contributed by atoms with E-state index in [1.165, 1.54) is 6.42 Å². The number of hydrazine groups is 1. The predicted molar refractivity (Wildman–Crippen MR) is 67.7 cm³/mol. The Bertz CT molecular complexity index is 443. The van der Waals surface area contributed by atoms with Crippen LogP contribution in [0.5, 0.6) is 0 Å². The van der Waals surface area contributed by atoms with Crippen LogP contribution in [0.2, 0.25) is 0 Å². The van der Waals surface area contributed by atoms with Crippen LogP contribution >= 0.6 is 0 Å².